The molecular formula is C24H22BrF4N7O4. The lowest BCUT2D eigenvalue weighted by Gasteiger charge is -2.26. The minimum Gasteiger partial charge on any atom is -0.481 e. The van der Waals surface area contributed by atoms with Crippen molar-refractivity contribution in [3.05, 3.63) is 57.7 Å². The summed E-state index contributed by atoms with van der Waals surface area (Å²) in [7, 11) is 0. The van der Waals surface area contributed by atoms with Gasteiger partial charge in [-0.25, -0.2) is 9.38 Å². The third kappa shape index (κ3) is 6.16. The number of carbonyl (C=O) groups excluding carboxylic acids is 2. The van der Waals surface area contributed by atoms with Crippen molar-refractivity contribution in [2.75, 3.05) is 18.4 Å². The number of hydrogen-bond acceptors (Lipinski definition) is 7. The van der Waals surface area contributed by atoms with Crippen LogP contribution in [-0.2, 0) is 15.8 Å². The highest BCUT2D eigenvalue weighted by atomic mass is 79.9. The lowest BCUT2D eigenvalue weighted by atomic mass is 9.87. The van der Waals surface area contributed by atoms with E-state index in [0.717, 1.165) is 16.8 Å². The minimum atomic E-state index is -4.76. The van der Waals surface area contributed by atoms with Crippen LogP contribution >= 0.6 is 15.9 Å². The number of primary amides is 2. The minimum absolute atomic E-state index is 0.0000311. The van der Waals surface area contributed by atoms with E-state index in [0.29, 0.717) is 5.39 Å². The summed E-state index contributed by atoms with van der Waals surface area (Å²) in [6, 6.07) is 3.88. The van der Waals surface area contributed by atoms with Crippen molar-refractivity contribution in [3.63, 3.8) is 0 Å². The van der Waals surface area contributed by atoms with E-state index in [2.05, 4.69) is 36.7 Å². The molecule has 1 aromatic heterocycles. The molecule has 1 aliphatic rings. The highest BCUT2D eigenvalue weighted by molar-refractivity contribution is 9.10. The van der Waals surface area contributed by atoms with Gasteiger partial charge in [-0.3, -0.25) is 19.1 Å². The maximum absolute atomic E-state index is 13.6. The summed E-state index contributed by atoms with van der Waals surface area (Å²) in [6.45, 7) is -0.128. The molecule has 0 bridgehead atoms. The number of anilines is 1. The number of benzene rings is 2. The lowest BCUT2D eigenvalue weighted by Crippen LogP contribution is -2.41. The van der Waals surface area contributed by atoms with Gasteiger partial charge in [0.2, 0.25) is 11.8 Å². The Morgan fingerprint density at radius 2 is 1.93 bits per heavy atom. The predicted molar refractivity (Wildman–Crippen MR) is 139 cm³/mol. The summed E-state index contributed by atoms with van der Waals surface area (Å²) in [6.07, 6.45) is -5.45. The van der Waals surface area contributed by atoms with E-state index in [9.17, 15) is 37.1 Å². The number of nitrogens with zero attached hydrogens (tertiary/aromatic N) is 3. The zero-order valence-electron chi connectivity index (χ0n) is 20.4. The molecule has 0 aliphatic carbocycles. The van der Waals surface area contributed by atoms with Crippen LogP contribution in [0, 0.1) is 0 Å². The van der Waals surface area contributed by atoms with E-state index >= 15 is 0 Å². The van der Waals surface area contributed by atoms with Gasteiger partial charge >= 0.3 is 12.1 Å². The zero-order valence-corrected chi connectivity index (χ0v) is 22.0. The Morgan fingerprint density at radius 3 is 2.50 bits per heavy atom. The van der Waals surface area contributed by atoms with Crippen LogP contribution in [0.4, 0.5) is 23.2 Å². The van der Waals surface area contributed by atoms with E-state index < -0.39 is 54.1 Å². The second-order valence-electron chi connectivity index (χ2n) is 9.03. The second kappa shape index (κ2) is 11.1. The number of fused-ring (bicyclic) bond motifs is 1. The topological polar surface area (TPSA) is 178 Å². The average Bonchev–Trinajstić information content (AvgIpc) is 3.27. The molecule has 2 amide bonds. The Morgan fingerprint density at radius 1 is 1.20 bits per heavy atom. The highest BCUT2D eigenvalue weighted by Gasteiger charge is 2.37. The predicted octanol–water partition coefficient (Wildman–Crippen LogP) is 2.91. The van der Waals surface area contributed by atoms with Gasteiger partial charge in [0.1, 0.15) is 12.2 Å². The summed E-state index contributed by atoms with van der Waals surface area (Å²) in [5.41, 5.74) is 10.3. The molecule has 11 nitrogen and oxygen atoms in total. The van der Waals surface area contributed by atoms with Crippen LogP contribution in [0.3, 0.4) is 0 Å². The second-order valence-corrected chi connectivity index (χ2v) is 9.94. The Labute approximate surface area is 231 Å². The number of carbonyl (C=O) groups is 3. The molecule has 0 radical (unpaired) electrons. The SMILES string of the molecule is NC(=O)c1cc(NC2=NCC(F)CN2)c2cnn(C(C(N)=O)[C@@H](CC(=O)O)c3cc(Br)cc(C(F)(F)F)c3)c2c1. The quantitative estimate of drug-likeness (QED) is 0.238. The van der Waals surface area contributed by atoms with Crippen molar-refractivity contribution in [1.82, 2.24) is 15.1 Å². The van der Waals surface area contributed by atoms with Crippen molar-refractivity contribution in [2.45, 2.75) is 30.7 Å². The molecule has 0 spiro atoms. The summed E-state index contributed by atoms with van der Waals surface area (Å²) < 4.78 is 55.2. The maximum atomic E-state index is 13.6. The monoisotopic (exact) mass is 627 g/mol. The van der Waals surface area contributed by atoms with Gasteiger partial charge in [-0.2, -0.15) is 18.3 Å². The van der Waals surface area contributed by atoms with Crippen molar-refractivity contribution in [2.24, 2.45) is 16.5 Å². The van der Waals surface area contributed by atoms with E-state index in [1.807, 2.05) is 0 Å². The molecule has 7 N–H and O–H groups in total. The third-order valence-electron chi connectivity index (χ3n) is 6.20. The molecule has 0 saturated carbocycles. The highest BCUT2D eigenvalue weighted by Crippen LogP contribution is 2.40. The fourth-order valence-electron chi connectivity index (χ4n) is 4.42. The van der Waals surface area contributed by atoms with Gasteiger partial charge < -0.3 is 27.2 Å². The van der Waals surface area contributed by atoms with Gasteiger partial charge in [-0.1, -0.05) is 15.9 Å². The smallest absolute Gasteiger partial charge is 0.416 e. The fourth-order valence-corrected chi connectivity index (χ4v) is 4.93. The van der Waals surface area contributed by atoms with Gasteiger partial charge in [0, 0.05) is 21.3 Å². The van der Waals surface area contributed by atoms with Crippen LogP contribution in [0.2, 0.25) is 0 Å². The number of carboxylic acid groups (broad SMARTS) is 1. The van der Waals surface area contributed by atoms with Crippen molar-refractivity contribution in [1.29, 1.82) is 0 Å². The number of amides is 2. The Hall–Kier alpha value is -4.21. The zero-order chi connectivity index (χ0) is 29.4. The molecule has 0 fully saturated rings. The van der Waals surface area contributed by atoms with E-state index in [4.69, 9.17) is 11.5 Å². The van der Waals surface area contributed by atoms with E-state index in [1.165, 1.54) is 24.4 Å². The molecule has 212 valence electrons. The number of hydrogen-bond donors (Lipinski definition) is 5. The van der Waals surface area contributed by atoms with Crippen LogP contribution in [-0.4, -0.2) is 57.9 Å². The molecule has 40 heavy (non-hydrogen) atoms. The van der Waals surface area contributed by atoms with E-state index in [1.54, 1.807) is 0 Å². The number of aliphatic imine (C=N–C) groups is 1. The van der Waals surface area contributed by atoms with Crippen LogP contribution < -0.4 is 22.1 Å². The van der Waals surface area contributed by atoms with Crippen LogP contribution in [0.1, 0.15) is 39.9 Å². The van der Waals surface area contributed by atoms with Gasteiger partial charge in [0.25, 0.3) is 0 Å². The first-order chi connectivity index (χ1) is 18.7. The van der Waals surface area contributed by atoms with Gasteiger partial charge in [-0.05, 0) is 35.9 Å². The Bertz CT molecular complexity index is 1520. The number of nitrogens with two attached hydrogens (primary N) is 2. The maximum Gasteiger partial charge on any atom is 0.416 e. The molecule has 2 aromatic carbocycles. The molecule has 1 aliphatic heterocycles. The van der Waals surface area contributed by atoms with Crippen molar-refractivity contribution in [3.8, 4) is 0 Å². The Balaban J connectivity index is 1.89. The number of aromatic nitrogens is 2. The number of halogens is 5. The first-order valence-corrected chi connectivity index (χ1v) is 12.4. The van der Waals surface area contributed by atoms with Gasteiger partial charge in [0.05, 0.1) is 42.5 Å². The standard InChI is InChI=1S/C24H22BrF4N7O4/c25-13-2-10(1-12(5-13)24(27,28)29)15(6-19(37)38)20(22(31)40)36-18-4-11(21(30)39)3-17(16(18)9-34-36)35-23-32-7-14(26)8-33-23/h1-5,9,14-15,20H,6-8H2,(H2,30,39)(H2,31,40)(H,37,38)(H2,32,33,35)/t15-,20?/m0/s1. The summed E-state index contributed by atoms with van der Waals surface area (Å²) in [4.78, 5) is 40.8. The molecule has 3 atom stereocenters. The lowest BCUT2D eigenvalue weighted by molar-refractivity contribution is -0.138. The molecule has 2 unspecified atom stereocenters. The largest absolute Gasteiger partial charge is 0.481 e. The molecule has 2 heterocycles. The molecular weight excluding hydrogens is 606 g/mol. The van der Waals surface area contributed by atoms with Crippen LogP contribution in [0.15, 0.2) is 46.0 Å². The summed E-state index contributed by atoms with van der Waals surface area (Å²) >= 11 is 3.01. The van der Waals surface area contributed by atoms with Crippen LogP contribution in [0.25, 0.3) is 10.9 Å². The van der Waals surface area contributed by atoms with Crippen molar-refractivity contribution >= 4 is 56.3 Å². The average molecular weight is 628 g/mol. The molecule has 0 saturated heterocycles. The summed E-state index contributed by atoms with van der Waals surface area (Å²) in [5.74, 6) is -4.57. The third-order valence-corrected chi connectivity index (χ3v) is 6.66. The number of carboxylic acids is 1. The summed E-state index contributed by atoms with van der Waals surface area (Å²) in [5, 5.41) is 19.8. The number of guanidine groups is 1. The Kier molecular flexibility index (Phi) is 8.00. The first-order valence-electron chi connectivity index (χ1n) is 11.6. The first kappa shape index (κ1) is 28.8. The molecule has 4 rings (SSSR count). The van der Waals surface area contributed by atoms with Crippen molar-refractivity contribution < 1.29 is 37.1 Å². The van der Waals surface area contributed by atoms with Gasteiger partial charge in [-0.15, -0.1) is 0 Å². The number of rotatable bonds is 8. The van der Waals surface area contributed by atoms with E-state index in [-0.39, 0.29) is 45.9 Å². The molecule has 16 heteroatoms. The number of alkyl halides is 4. The number of nitrogens with one attached hydrogen (secondary N) is 2. The fraction of sp³-hybridized carbons (Fsp3) is 0.292. The van der Waals surface area contributed by atoms with Crippen LogP contribution in [0.5, 0.6) is 0 Å². The number of aliphatic carboxylic acids is 1. The van der Waals surface area contributed by atoms with Gasteiger partial charge in [0.15, 0.2) is 5.96 Å². The molecule has 3 aromatic rings. The normalized spacial score (nSPS) is 17.0.